The standard InChI is InChI=1S/C6H9NO2/c8-5-3-4-1-2-7-6(4)9-5/h4,6-7H,1-3H2. The normalized spacial score (nSPS) is 40.7. The second kappa shape index (κ2) is 1.70. The molecule has 2 atom stereocenters. The minimum atomic E-state index is -0.0443. The summed E-state index contributed by atoms with van der Waals surface area (Å²) in [6.07, 6.45) is 1.77. The molecular formula is C6H9NO2. The van der Waals surface area contributed by atoms with Gasteiger partial charge >= 0.3 is 5.97 Å². The lowest BCUT2D eigenvalue weighted by Gasteiger charge is -2.04. The summed E-state index contributed by atoms with van der Waals surface area (Å²) in [5.74, 6) is 0.426. The summed E-state index contributed by atoms with van der Waals surface area (Å²) in [5.41, 5.74) is 0. The van der Waals surface area contributed by atoms with E-state index in [-0.39, 0.29) is 12.2 Å². The van der Waals surface area contributed by atoms with Crippen LogP contribution in [-0.2, 0) is 9.53 Å². The second-order valence-electron chi connectivity index (χ2n) is 2.62. The zero-order valence-electron chi connectivity index (χ0n) is 5.09. The van der Waals surface area contributed by atoms with E-state index in [9.17, 15) is 4.79 Å². The van der Waals surface area contributed by atoms with Crippen molar-refractivity contribution in [3.8, 4) is 0 Å². The van der Waals surface area contributed by atoms with Crippen LogP contribution in [0.5, 0.6) is 0 Å². The number of carbonyl (C=O) groups is 1. The highest BCUT2D eigenvalue weighted by molar-refractivity contribution is 5.72. The van der Waals surface area contributed by atoms with Crippen LogP contribution in [0.15, 0.2) is 0 Å². The monoisotopic (exact) mass is 127 g/mol. The maximum Gasteiger partial charge on any atom is 0.307 e. The smallest absolute Gasteiger partial charge is 0.307 e. The van der Waals surface area contributed by atoms with Crippen LogP contribution in [0.3, 0.4) is 0 Å². The van der Waals surface area contributed by atoms with Gasteiger partial charge in [-0.2, -0.15) is 0 Å². The molecule has 9 heavy (non-hydrogen) atoms. The number of esters is 1. The minimum absolute atomic E-state index is 0.0443. The molecular weight excluding hydrogens is 118 g/mol. The average Bonchev–Trinajstić information content (AvgIpc) is 2.22. The summed E-state index contributed by atoms with van der Waals surface area (Å²) in [4.78, 5) is 10.6. The molecule has 2 heterocycles. The van der Waals surface area contributed by atoms with Gasteiger partial charge in [-0.15, -0.1) is 0 Å². The summed E-state index contributed by atoms with van der Waals surface area (Å²) in [6, 6.07) is 0. The summed E-state index contributed by atoms with van der Waals surface area (Å²) in [5, 5.41) is 3.11. The van der Waals surface area contributed by atoms with E-state index in [1.165, 1.54) is 0 Å². The lowest BCUT2D eigenvalue weighted by molar-refractivity contribution is -0.142. The lowest BCUT2D eigenvalue weighted by Crippen LogP contribution is -2.24. The zero-order valence-corrected chi connectivity index (χ0v) is 5.09. The van der Waals surface area contributed by atoms with E-state index in [0.29, 0.717) is 12.3 Å². The summed E-state index contributed by atoms with van der Waals surface area (Å²) in [7, 11) is 0. The number of fused-ring (bicyclic) bond motifs is 1. The number of hydrogen-bond donors (Lipinski definition) is 1. The van der Waals surface area contributed by atoms with Gasteiger partial charge in [-0.1, -0.05) is 0 Å². The van der Waals surface area contributed by atoms with Crippen LogP contribution in [0.1, 0.15) is 12.8 Å². The Morgan fingerprint density at radius 2 is 2.56 bits per heavy atom. The van der Waals surface area contributed by atoms with Crippen molar-refractivity contribution >= 4 is 5.97 Å². The molecule has 2 rings (SSSR count). The van der Waals surface area contributed by atoms with E-state index in [1.807, 2.05) is 0 Å². The molecule has 0 amide bonds. The number of ether oxygens (including phenoxy) is 1. The molecule has 2 aliphatic rings. The lowest BCUT2D eigenvalue weighted by atomic mass is 10.1. The first kappa shape index (κ1) is 5.23. The van der Waals surface area contributed by atoms with Gasteiger partial charge in [0.05, 0.1) is 6.42 Å². The number of rotatable bonds is 0. The van der Waals surface area contributed by atoms with Gasteiger partial charge in [-0.3, -0.25) is 10.1 Å². The Morgan fingerprint density at radius 3 is 3.33 bits per heavy atom. The molecule has 2 unspecified atom stereocenters. The van der Waals surface area contributed by atoms with Crippen molar-refractivity contribution in [3.05, 3.63) is 0 Å². The molecule has 0 aromatic carbocycles. The van der Waals surface area contributed by atoms with Crippen molar-refractivity contribution in [3.63, 3.8) is 0 Å². The van der Waals surface area contributed by atoms with E-state index in [1.54, 1.807) is 0 Å². The van der Waals surface area contributed by atoms with Crippen molar-refractivity contribution in [1.29, 1.82) is 0 Å². The summed E-state index contributed by atoms with van der Waals surface area (Å²) in [6.45, 7) is 1.00. The predicted molar refractivity (Wildman–Crippen MR) is 30.6 cm³/mol. The molecule has 2 aliphatic heterocycles. The van der Waals surface area contributed by atoms with Gasteiger partial charge < -0.3 is 4.74 Å². The molecule has 0 saturated carbocycles. The molecule has 2 saturated heterocycles. The van der Waals surface area contributed by atoms with Crippen molar-refractivity contribution in [2.75, 3.05) is 6.54 Å². The van der Waals surface area contributed by atoms with Gasteiger partial charge in [0, 0.05) is 5.92 Å². The molecule has 1 N–H and O–H groups in total. The Labute approximate surface area is 53.4 Å². The van der Waals surface area contributed by atoms with E-state index >= 15 is 0 Å². The van der Waals surface area contributed by atoms with Crippen molar-refractivity contribution < 1.29 is 9.53 Å². The third kappa shape index (κ3) is 0.721. The predicted octanol–water partition coefficient (Wildman–Crippen LogP) is -0.131. The molecule has 3 nitrogen and oxygen atoms in total. The van der Waals surface area contributed by atoms with Crippen LogP contribution < -0.4 is 5.32 Å². The Balaban J connectivity index is 2.09. The first-order chi connectivity index (χ1) is 4.36. The van der Waals surface area contributed by atoms with Crippen LogP contribution in [0.2, 0.25) is 0 Å². The van der Waals surface area contributed by atoms with Crippen LogP contribution in [0, 0.1) is 5.92 Å². The van der Waals surface area contributed by atoms with Crippen molar-refractivity contribution in [2.24, 2.45) is 5.92 Å². The molecule has 0 aromatic rings. The molecule has 0 radical (unpaired) electrons. The first-order valence-corrected chi connectivity index (χ1v) is 3.29. The maximum absolute atomic E-state index is 10.6. The van der Waals surface area contributed by atoms with Crippen molar-refractivity contribution in [2.45, 2.75) is 19.1 Å². The van der Waals surface area contributed by atoms with Gasteiger partial charge in [0.25, 0.3) is 0 Å². The van der Waals surface area contributed by atoms with Crippen LogP contribution in [0.25, 0.3) is 0 Å². The van der Waals surface area contributed by atoms with Crippen LogP contribution >= 0.6 is 0 Å². The molecule has 0 spiro atoms. The first-order valence-electron chi connectivity index (χ1n) is 3.29. The van der Waals surface area contributed by atoms with E-state index in [0.717, 1.165) is 13.0 Å². The zero-order chi connectivity index (χ0) is 6.27. The summed E-state index contributed by atoms with van der Waals surface area (Å²) < 4.78 is 4.94. The van der Waals surface area contributed by atoms with Crippen LogP contribution in [0.4, 0.5) is 0 Å². The van der Waals surface area contributed by atoms with Gasteiger partial charge in [-0.25, -0.2) is 0 Å². The highest BCUT2D eigenvalue weighted by atomic mass is 16.6. The van der Waals surface area contributed by atoms with E-state index in [4.69, 9.17) is 4.74 Å². The molecule has 0 aromatic heterocycles. The van der Waals surface area contributed by atoms with E-state index < -0.39 is 0 Å². The highest BCUT2D eigenvalue weighted by Gasteiger charge is 2.37. The van der Waals surface area contributed by atoms with Crippen molar-refractivity contribution in [1.82, 2.24) is 5.32 Å². The number of hydrogen-bond acceptors (Lipinski definition) is 3. The number of nitrogens with one attached hydrogen (secondary N) is 1. The topological polar surface area (TPSA) is 38.3 Å². The van der Waals surface area contributed by atoms with E-state index in [2.05, 4.69) is 5.32 Å². The van der Waals surface area contributed by atoms with Gasteiger partial charge in [-0.05, 0) is 13.0 Å². The van der Waals surface area contributed by atoms with Gasteiger partial charge in [0.1, 0.15) is 0 Å². The molecule has 0 aliphatic carbocycles. The maximum atomic E-state index is 10.6. The average molecular weight is 127 g/mol. The molecule has 50 valence electrons. The van der Waals surface area contributed by atoms with Crippen LogP contribution in [-0.4, -0.2) is 18.7 Å². The third-order valence-corrected chi connectivity index (χ3v) is 1.98. The van der Waals surface area contributed by atoms with Gasteiger partial charge in [0.15, 0.2) is 6.23 Å². The fourth-order valence-electron chi connectivity index (χ4n) is 1.48. The SMILES string of the molecule is O=C1CC2CCNC2O1. The molecule has 0 bridgehead atoms. The Kier molecular flexibility index (Phi) is 0.990. The third-order valence-electron chi connectivity index (χ3n) is 1.98. The fraction of sp³-hybridized carbons (Fsp3) is 0.833. The summed E-state index contributed by atoms with van der Waals surface area (Å²) >= 11 is 0. The number of carbonyl (C=O) groups excluding carboxylic acids is 1. The Morgan fingerprint density at radius 1 is 1.67 bits per heavy atom. The largest absolute Gasteiger partial charge is 0.446 e. The quantitative estimate of drug-likeness (QED) is 0.460. The second-order valence-corrected chi connectivity index (χ2v) is 2.62. The fourth-order valence-corrected chi connectivity index (χ4v) is 1.48. The Bertz CT molecular complexity index is 132. The minimum Gasteiger partial charge on any atom is -0.446 e. The highest BCUT2D eigenvalue weighted by Crippen LogP contribution is 2.26. The molecule has 3 heteroatoms. The van der Waals surface area contributed by atoms with Gasteiger partial charge in [0.2, 0.25) is 0 Å². The Hall–Kier alpha value is -0.570. The molecule has 2 fully saturated rings.